The number of methoxy groups -OCH3 is 1. The lowest BCUT2D eigenvalue weighted by Gasteiger charge is -2.34. The van der Waals surface area contributed by atoms with Crippen LogP contribution in [-0.4, -0.2) is 49.6 Å². The van der Waals surface area contributed by atoms with Gasteiger partial charge in [0.2, 0.25) is 10.0 Å². The average Bonchev–Trinajstić information content (AvgIpc) is 2.45. The number of nitrogens with zero attached hydrogens (tertiary/aromatic N) is 1. The number of esters is 1. The van der Waals surface area contributed by atoms with Crippen molar-refractivity contribution in [1.29, 1.82) is 0 Å². The Bertz CT molecular complexity index is 679. The van der Waals surface area contributed by atoms with E-state index in [4.69, 9.17) is 0 Å². The van der Waals surface area contributed by atoms with Crippen molar-refractivity contribution >= 4 is 16.0 Å². The summed E-state index contributed by atoms with van der Waals surface area (Å²) in [6.45, 7) is -0.167. The minimum absolute atomic E-state index is 0.107. The highest BCUT2D eigenvalue weighted by Gasteiger charge is 2.41. The lowest BCUT2D eigenvalue weighted by Crippen LogP contribution is -2.51. The minimum Gasteiger partial charge on any atom is -0.468 e. The number of benzene rings is 1. The van der Waals surface area contributed by atoms with Crippen LogP contribution in [0.15, 0.2) is 23.1 Å². The first-order valence-electron chi connectivity index (χ1n) is 6.50. The molecule has 6 nitrogen and oxygen atoms in total. The second kappa shape index (κ2) is 6.27. The summed E-state index contributed by atoms with van der Waals surface area (Å²) in [4.78, 5) is 11.0. The van der Waals surface area contributed by atoms with Crippen LogP contribution in [0.2, 0.25) is 0 Å². The van der Waals surface area contributed by atoms with Gasteiger partial charge in [0.25, 0.3) is 0 Å². The highest BCUT2D eigenvalue weighted by atomic mass is 32.2. The van der Waals surface area contributed by atoms with Crippen LogP contribution < -0.4 is 0 Å². The number of carbonyl (C=O) groups is 1. The third-order valence-electron chi connectivity index (χ3n) is 3.48. The van der Waals surface area contributed by atoms with E-state index in [1.807, 2.05) is 0 Å². The predicted octanol–water partition coefficient (Wildman–Crippen LogP) is 0.652. The number of aliphatic hydroxyl groups is 1. The molecule has 1 aliphatic rings. The molecule has 1 aromatic carbocycles. The Morgan fingerprint density at radius 3 is 2.68 bits per heavy atom. The molecule has 1 aliphatic heterocycles. The van der Waals surface area contributed by atoms with E-state index in [0.29, 0.717) is 6.07 Å². The molecule has 0 aliphatic carbocycles. The smallest absolute Gasteiger partial charge is 0.324 e. The average molecular weight is 335 g/mol. The van der Waals surface area contributed by atoms with Gasteiger partial charge in [0.1, 0.15) is 22.6 Å². The van der Waals surface area contributed by atoms with Crippen molar-refractivity contribution in [3.8, 4) is 0 Å². The fourth-order valence-electron chi connectivity index (χ4n) is 2.37. The van der Waals surface area contributed by atoms with Crippen LogP contribution in [0, 0.1) is 11.6 Å². The van der Waals surface area contributed by atoms with Gasteiger partial charge in [-0.25, -0.2) is 17.2 Å². The molecule has 0 amide bonds. The van der Waals surface area contributed by atoms with Crippen LogP contribution in [0.5, 0.6) is 0 Å². The molecular formula is C13H15F2NO5S. The first-order valence-corrected chi connectivity index (χ1v) is 7.94. The van der Waals surface area contributed by atoms with Crippen molar-refractivity contribution in [3.05, 3.63) is 29.8 Å². The van der Waals surface area contributed by atoms with E-state index >= 15 is 0 Å². The third-order valence-corrected chi connectivity index (χ3v) is 5.42. The number of rotatable bonds is 3. The van der Waals surface area contributed by atoms with Crippen molar-refractivity contribution in [1.82, 2.24) is 4.31 Å². The van der Waals surface area contributed by atoms with Gasteiger partial charge >= 0.3 is 5.97 Å². The molecule has 9 heteroatoms. The van der Waals surface area contributed by atoms with Crippen LogP contribution in [0.4, 0.5) is 8.78 Å². The molecule has 1 heterocycles. The number of sulfonamides is 1. The summed E-state index contributed by atoms with van der Waals surface area (Å²) in [5.74, 6) is -2.99. The van der Waals surface area contributed by atoms with Gasteiger partial charge in [0.15, 0.2) is 0 Å². The van der Waals surface area contributed by atoms with Crippen molar-refractivity contribution in [2.24, 2.45) is 0 Å². The first-order chi connectivity index (χ1) is 10.3. The Labute approximate surface area is 126 Å². The highest BCUT2D eigenvalue weighted by Crippen LogP contribution is 2.28. The minimum atomic E-state index is -4.36. The number of hydrogen-bond acceptors (Lipinski definition) is 5. The number of ether oxygens (including phenoxy) is 1. The van der Waals surface area contributed by atoms with Gasteiger partial charge in [-0.15, -0.1) is 0 Å². The molecule has 1 N–H and O–H groups in total. The fraction of sp³-hybridized carbons (Fsp3) is 0.462. The Morgan fingerprint density at radius 2 is 2.09 bits per heavy atom. The molecule has 1 fully saturated rings. The largest absolute Gasteiger partial charge is 0.468 e. The quantitative estimate of drug-likeness (QED) is 0.820. The SMILES string of the molecule is COC(=O)[C@@H]1C[C@H](O)CCN1S(=O)(=O)c1ccc(F)cc1F. The highest BCUT2D eigenvalue weighted by molar-refractivity contribution is 7.89. The molecule has 0 spiro atoms. The van der Waals surface area contributed by atoms with E-state index in [-0.39, 0.29) is 19.4 Å². The van der Waals surface area contributed by atoms with Crippen molar-refractivity contribution in [3.63, 3.8) is 0 Å². The van der Waals surface area contributed by atoms with Crippen LogP contribution in [0.3, 0.4) is 0 Å². The van der Waals surface area contributed by atoms with Crippen molar-refractivity contribution < 1.29 is 31.8 Å². The van der Waals surface area contributed by atoms with E-state index in [2.05, 4.69) is 4.74 Å². The number of halogens is 2. The summed E-state index contributed by atoms with van der Waals surface area (Å²) >= 11 is 0. The molecule has 122 valence electrons. The van der Waals surface area contributed by atoms with E-state index in [1.165, 1.54) is 0 Å². The number of piperidine rings is 1. The van der Waals surface area contributed by atoms with Crippen LogP contribution in [-0.2, 0) is 19.6 Å². The number of aliphatic hydroxyl groups excluding tert-OH is 1. The summed E-state index contributed by atoms with van der Waals surface area (Å²) in [7, 11) is -3.27. The molecular weight excluding hydrogens is 320 g/mol. The third kappa shape index (κ3) is 3.11. The maximum absolute atomic E-state index is 13.8. The van der Waals surface area contributed by atoms with Gasteiger partial charge in [0.05, 0.1) is 13.2 Å². The standard InChI is InChI=1S/C13H15F2NO5S/c1-21-13(18)11-7-9(17)4-5-16(11)22(19,20)12-3-2-8(14)6-10(12)15/h2-3,6,9,11,17H,4-5,7H2,1H3/t9-,11+/m1/s1. The Hall–Kier alpha value is -1.58. The number of carbonyl (C=O) groups excluding carboxylic acids is 1. The van der Waals surface area contributed by atoms with Crippen LogP contribution in [0.1, 0.15) is 12.8 Å². The van der Waals surface area contributed by atoms with Crippen molar-refractivity contribution in [2.45, 2.75) is 29.9 Å². The van der Waals surface area contributed by atoms with Gasteiger partial charge in [-0.1, -0.05) is 0 Å². The molecule has 0 bridgehead atoms. The molecule has 0 unspecified atom stereocenters. The second-order valence-corrected chi connectivity index (χ2v) is 6.77. The molecule has 1 saturated heterocycles. The Kier molecular flexibility index (Phi) is 4.78. The normalized spacial score (nSPS) is 23.3. The Morgan fingerprint density at radius 1 is 1.41 bits per heavy atom. The molecule has 2 atom stereocenters. The maximum atomic E-state index is 13.8. The fourth-order valence-corrected chi connectivity index (χ4v) is 4.02. The zero-order valence-corrected chi connectivity index (χ0v) is 12.5. The van der Waals surface area contributed by atoms with E-state index in [0.717, 1.165) is 23.5 Å². The topological polar surface area (TPSA) is 83.9 Å². The zero-order chi connectivity index (χ0) is 16.5. The summed E-state index contributed by atoms with van der Waals surface area (Å²) in [5.41, 5.74) is 0. The summed E-state index contributed by atoms with van der Waals surface area (Å²) in [5, 5.41) is 9.62. The summed E-state index contributed by atoms with van der Waals surface area (Å²) < 4.78 is 57.1. The van der Waals surface area contributed by atoms with Crippen molar-refractivity contribution in [2.75, 3.05) is 13.7 Å². The summed E-state index contributed by atoms with van der Waals surface area (Å²) in [6, 6.07) is 0.836. The molecule has 0 aromatic heterocycles. The first kappa shape index (κ1) is 16.8. The lowest BCUT2D eigenvalue weighted by atomic mass is 10.0. The predicted molar refractivity (Wildman–Crippen MR) is 71.3 cm³/mol. The molecule has 2 rings (SSSR count). The maximum Gasteiger partial charge on any atom is 0.324 e. The molecule has 0 saturated carbocycles. The number of hydrogen-bond donors (Lipinski definition) is 1. The zero-order valence-electron chi connectivity index (χ0n) is 11.7. The van der Waals surface area contributed by atoms with Gasteiger partial charge in [0, 0.05) is 19.0 Å². The molecule has 22 heavy (non-hydrogen) atoms. The van der Waals surface area contributed by atoms with E-state index < -0.39 is 44.7 Å². The lowest BCUT2D eigenvalue weighted by molar-refractivity contribution is -0.147. The molecule has 1 aromatic rings. The Balaban J connectivity index is 2.43. The van der Waals surface area contributed by atoms with E-state index in [1.54, 1.807) is 0 Å². The van der Waals surface area contributed by atoms with Gasteiger partial charge in [-0.2, -0.15) is 4.31 Å². The van der Waals surface area contributed by atoms with Gasteiger partial charge < -0.3 is 9.84 Å². The summed E-state index contributed by atoms with van der Waals surface area (Å²) in [6.07, 6.45) is -0.891. The second-order valence-electron chi connectivity index (χ2n) is 4.91. The monoisotopic (exact) mass is 335 g/mol. The van der Waals surface area contributed by atoms with Crippen LogP contribution >= 0.6 is 0 Å². The van der Waals surface area contributed by atoms with E-state index in [9.17, 15) is 27.1 Å². The van der Waals surface area contributed by atoms with Gasteiger partial charge in [-0.3, -0.25) is 4.79 Å². The van der Waals surface area contributed by atoms with Crippen LogP contribution in [0.25, 0.3) is 0 Å². The van der Waals surface area contributed by atoms with Gasteiger partial charge in [-0.05, 0) is 18.6 Å². The molecule has 0 radical (unpaired) electrons.